The van der Waals surface area contributed by atoms with Crippen LogP contribution in [0.5, 0.6) is 0 Å². The molecule has 1 aromatic rings. The maximum Gasteiger partial charge on any atom is 0.326 e. The Morgan fingerprint density at radius 1 is 1.19 bits per heavy atom. The zero-order valence-electron chi connectivity index (χ0n) is 12.2. The summed E-state index contributed by atoms with van der Waals surface area (Å²) in [6.45, 7) is 3.41. The van der Waals surface area contributed by atoms with Gasteiger partial charge < -0.3 is 10.4 Å². The lowest BCUT2D eigenvalue weighted by Gasteiger charge is -2.17. The molecular formula is C14H19NO5S. The summed E-state index contributed by atoms with van der Waals surface area (Å²) in [5, 5.41) is 11.5. The summed E-state index contributed by atoms with van der Waals surface area (Å²) in [7, 11) is -3.13. The topological polar surface area (TPSA) is 101 Å². The van der Waals surface area contributed by atoms with Gasteiger partial charge in [-0.2, -0.15) is 0 Å². The molecule has 0 aromatic heterocycles. The molecular weight excluding hydrogens is 294 g/mol. The highest BCUT2D eigenvalue weighted by Crippen LogP contribution is 2.09. The Morgan fingerprint density at radius 2 is 1.71 bits per heavy atom. The molecule has 1 atom stereocenters. The number of amides is 1. The maximum atomic E-state index is 12.0. The van der Waals surface area contributed by atoms with Crippen LogP contribution in [0.15, 0.2) is 24.3 Å². The summed E-state index contributed by atoms with van der Waals surface area (Å²) in [5.41, 5.74) is 0.867. The van der Waals surface area contributed by atoms with Crippen LogP contribution in [0, 0.1) is 5.92 Å². The van der Waals surface area contributed by atoms with Crippen molar-refractivity contribution in [1.29, 1.82) is 0 Å². The lowest BCUT2D eigenvalue weighted by Crippen LogP contribution is -2.44. The molecule has 2 N–H and O–H groups in total. The Balaban J connectivity index is 2.82. The van der Waals surface area contributed by atoms with Crippen molar-refractivity contribution < 1.29 is 23.1 Å². The molecule has 1 amide bonds. The van der Waals surface area contributed by atoms with Crippen molar-refractivity contribution in [1.82, 2.24) is 5.32 Å². The number of carbonyl (C=O) groups is 2. The molecule has 7 heteroatoms. The maximum absolute atomic E-state index is 12.0. The predicted octanol–water partition coefficient (Wildman–Crippen LogP) is 1.07. The second kappa shape index (κ2) is 6.71. The van der Waals surface area contributed by atoms with Crippen LogP contribution in [-0.2, 0) is 20.4 Å². The van der Waals surface area contributed by atoms with Gasteiger partial charge in [0.1, 0.15) is 6.04 Å². The second-order valence-electron chi connectivity index (χ2n) is 5.30. The number of sulfone groups is 1. The molecule has 21 heavy (non-hydrogen) atoms. The SMILES string of the molecule is CC(C)C(NC(=O)c1ccc(CS(C)(=O)=O)cc1)C(=O)O. The summed E-state index contributed by atoms with van der Waals surface area (Å²) >= 11 is 0. The number of carboxylic acid groups (broad SMARTS) is 1. The van der Waals surface area contributed by atoms with Gasteiger partial charge in [-0.3, -0.25) is 4.79 Å². The van der Waals surface area contributed by atoms with Gasteiger partial charge in [-0.05, 0) is 23.6 Å². The van der Waals surface area contributed by atoms with Gasteiger partial charge in [0.25, 0.3) is 5.91 Å². The van der Waals surface area contributed by atoms with Gasteiger partial charge in [0.15, 0.2) is 9.84 Å². The minimum atomic E-state index is -3.13. The zero-order chi connectivity index (χ0) is 16.2. The number of aliphatic carboxylic acids is 1. The molecule has 116 valence electrons. The molecule has 0 radical (unpaired) electrons. The van der Waals surface area contributed by atoms with E-state index in [0.29, 0.717) is 11.1 Å². The van der Waals surface area contributed by atoms with E-state index in [1.165, 1.54) is 12.1 Å². The first-order valence-electron chi connectivity index (χ1n) is 6.40. The van der Waals surface area contributed by atoms with E-state index < -0.39 is 27.8 Å². The van der Waals surface area contributed by atoms with Crippen LogP contribution in [0.3, 0.4) is 0 Å². The Morgan fingerprint density at radius 3 is 2.10 bits per heavy atom. The minimum absolute atomic E-state index is 0.0986. The number of carbonyl (C=O) groups excluding carboxylic acids is 1. The predicted molar refractivity (Wildman–Crippen MR) is 78.7 cm³/mol. The highest BCUT2D eigenvalue weighted by Gasteiger charge is 2.23. The molecule has 1 rings (SSSR count). The Kier molecular flexibility index (Phi) is 5.48. The summed E-state index contributed by atoms with van der Waals surface area (Å²) in [5.74, 6) is -1.93. The van der Waals surface area contributed by atoms with Gasteiger partial charge in [-0.1, -0.05) is 26.0 Å². The average molecular weight is 313 g/mol. The molecule has 0 aliphatic rings. The van der Waals surface area contributed by atoms with Crippen molar-refractivity contribution in [2.75, 3.05) is 6.26 Å². The van der Waals surface area contributed by atoms with Crippen molar-refractivity contribution in [2.24, 2.45) is 5.92 Å². The number of hydrogen-bond donors (Lipinski definition) is 2. The fraction of sp³-hybridized carbons (Fsp3) is 0.429. The first kappa shape index (κ1) is 17.2. The summed E-state index contributed by atoms with van der Waals surface area (Å²) in [6.07, 6.45) is 1.13. The van der Waals surface area contributed by atoms with Gasteiger partial charge in [0.05, 0.1) is 5.75 Å². The van der Waals surface area contributed by atoms with Crippen LogP contribution in [0.25, 0.3) is 0 Å². The molecule has 0 saturated carbocycles. The third-order valence-corrected chi connectivity index (χ3v) is 3.72. The van der Waals surface area contributed by atoms with E-state index in [9.17, 15) is 18.0 Å². The zero-order valence-corrected chi connectivity index (χ0v) is 13.0. The van der Waals surface area contributed by atoms with Crippen molar-refractivity contribution >= 4 is 21.7 Å². The van der Waals surface area contributed by atoms with Gasteiger partial charge in [0.2, 0.25) is 0 Å². The van der Waals surface area contributed by atoms with Crippen LogP contribution in [-0.4, -0.2) is 37.7 Å². The molecule has 0 saturated heterocycles. The van der Waals surface area contributed by atoms with Crippen molar-refractivity contribution in [3.8, 4) is 0 Å². The van der Waals surface area contributed by atoms with Crippen LogP contribution >= 0.6 is 0 Å². The molecule has 0 aliphatic carbocycles. The molecule has 1 aromatic carbocycles. The summed E-state index contributed by atoms with van der Waals surface area (Å²) < 4.78 is 22.3. The van der Waals surface area contributed by atoms with Gasteiger partial charge in [-0.25, -0.2) is 13.2 Å². The number of carboxylic acids is 1. The van der Waals surface area contributed by atoms with Crippen LogP contribution < -0.4 is 5.32 Å². The molecule has 1 unspecified atom stereocenters. The highest BCUT2D eigenvalue weighted by molar-refractivity contribution is 7.89. The Hall–Kier alpha value is -1.89. The number of hydrogen-bond acceptors (Lipinski definition) is 4. The fourth-order valence-corrected chi connectivity index (χ4v) is 2.59. The van der Waals surface area contributed by atoms with Crippen LogP contribution in [0.4, 0.5) is 0 Å². The monoisotopic (exact) mass is 313 g/mol. The van der Waals surface area contributed by atoms with E-state index in [1.807, 2.05) is 0 Å². The van der Waals surface area contributed by atoms with Crippen molar-refractivity contribution in [3.63, 3.8) is 0 Å². The van der Waals surface area contributed by atoms with E-state index in [-0.39, 0.29) is 11.7 Å². The Labute approximate surface area is 124 Å². The first-order valence-corrected chi connectivity index (χ1v) is 8.46. The number of rotatable bonds is 6. The van der Waals surface area contributed by atoms with Crippen molar-refractivity contribution in [2.45, 2.75) is 25.6 Å². The number of benzene rings is 1. The third kappa shape index (κ3) is 5.55. The average Bonchev–Trinajstić information content (AvgIpc) is 2.33. The van der Waals surface area contributed by atoms with E-state index in [0.717, 1.165) is 6.26 Å². The van der Waals surface area contributed by atoms with E-state index in [1.54, 1.807) is 26.0 Å². The standard InChI is InChI=1S/C14H19NO5S/c1-9(2)12(14(17)18)15-13(16)11-6-4-10(5-7-11)8-21(3,19)20/h4-7,9,12H,8H2,1-3H3,(H,15,16)(H,17,18). The molecule has 0 spiro atoms. The Bertz CT molecular complexity index is 619. The quantitative estimate of drug-likeness (QED) is 0.818. The third-order valence-electron chi connectivity index (χ3n) is 2.86. The second-order valence-corrected chi connectivity index (χ2v) is 7.44. The molecule has 0 fully saturated rings. The molecule has 0 bridgehead atoms. The van der Waals surface area contributed by atoms with Gasteiger partial charge >= 0.3 is 5.97 Å². The summed E-state index contributed by atoms with van der Waals surface area (Å²) in [6, 6.07) is 5.08. The highest BCUT2D eigenvalue weighted by atomic mass is 32.2. The first-order chi connectivity index (χ1) is 9.60. The lowest BCUT2D eigenvalue weighted by atomic mass is 10.0. The summed E-state index contributed by atoms with van der Waals surface area (Å²) in [4.78, 5) is 23.0. The van der Waals surface area contributed by atoms with Gasteiger partial charge in [0, 0.05) is 11.8 Å². The van der Waals surface area contributed by atoms with E-state index >= 15 is 0 Å². The smallest absolute Gasteiger partial charge is 0.326 e. The molecule has 0 aliphatic heterocycles. The lowest BCUT2D eigenvalue weighted by molar-refractivity contribution is -0.140. The van der Waals surface area contributed by atoms with Crippen LogP contribution in [0.2, 0.25) is 0 Å². The van der Waals surface area contributed by atoms with E-state index in [4.69, 9.17) is 5.11 Å². The van der Waals surface area contributed by atoms with E-state index in [2.05, 4.69) is 5.32 Å². The largest absolute Gasteiger partial charge is 0.480 e. The van der Waals surface area contributed by atoms with Crippen molar-refractivity contribution in [3.05, 3.63) is 35.4 Å². The van der Waals surface area contributed by atoms with Crippen LogP contribution in [0.1, 0.15) is 29.8 Å². The molecule has 6 nitrogen and oxygen atoms in total. The number of nitrogens with one attached hydrogen (secondary N) is 1. The van der Waals surface area contributed by atoms with Gasteiger partial charge in [-0.15, -0.1) is 0 Å². The fourth-order valence-electron chi connectivity index (χ4n) is 1.79. The molecule has 0 heterocycles. The minimum Gasteiger partial charge on any atom is -0.480 e. The normalized spacial score (nSPS) is 13.0.